The fraction of sp³-hybridized carbons (Fsp3) is 1.00. The van der Waals surface area contributed by atoms with Crippen LogP contribution in [0.25, 0.3) is 0 Å². The predicted molar refractivity (Wildman–Crippen MR) is 76.2 cm³/mol. The molecule has 0 aliphatic carbocycles. The number of hydrogen-bond donors (Lipinski definition) is 2. The summed E-state index contributed by atoms with van der Waals surface area (Å²) in [6, 6.07) is 0. The molecule has 17 heavy (non-hydrogen) atoms. The molecule has 0 unspecified atom stereocenters. The largest absolute Gasteiger partial charge is 0.396 e. The number of aliphatic hydroxyl groups is 2. The van der Waals surface area contributed by atoms with Crippen LogP contribution in [0.15, 0.2) is 0 Å². The Morgan fingerprint density at radius 2 is 0.941 bits per heavy atom. The predicted octanol–water partition coefficient (Wildman–Crippen LogP) is 4.00. The summed E-state index contributed by atoms with van der Waals surface area (Å²) in [5, 5.41) is 16.8. The van der Waals surface area contributed by atoms with Gasteiger partial charge in [0.2, 0.25) is 0 Å². The second-order valence-corrected chi connectivity index (χ2v) is 5.58. The minimum Gasteiger partial charge on any atom is -0.396 e. The molecule has 0 spiro atoms. The molecule has 0 aliphatic heterocycles. The Kier molecular flexibility index (Phi) is 18.0. The van der Waals surface area contributed by atoms with E-state index in [0.29, 0.717) is 13.2 Å². The summed E-state index contributed by atoms with van der Waals surface area (Å²) >= 11 is 0. The van der Waals surface area contributed by atoms with E-state index in [1.54, 1.807) is 0 Å². The SMILES string of the molecule is CC(C)CCCCCO.CC(C)CCCCO. The summed E-state index contributed by atoms with van der Waals surface area (Å²) in [7, 11) is 0. The van der Waals surface area contributed by atoms with Gasteiger partial charge >= 0.3 is 0 Å². The molecule has 0 fully saturated rings. The maximum atomic E-state index is 8.43. The van der Waals surface area contributed by atoms with Crippen LogP contribution in [-0.4, -0.2) is 23.4 Å². The number of hydrogen-bond acceptors (Lipinski definition) is 2. The highest BCUT2D eigenvalue weighted by atomic mass is 16.3. The van der Waals surface area contributed by atoms with Gasteiger partial charge in [0.15, 0.2) is 0 Å². The van der Waals surface area contributed by atoms with Crippen molar-refractivity contribution in [2.24, 2.45) is 11.8 Å². The topological polar surface area (TPSA) is 40.5 Å². The van der Waals surface area contributed by atoms with Gasteiger partial charge in [-0.3, -0.25) is 0 Å². The first kappa shape index (κ1) is 19.3. The standard InChI is InChI=1S/C8H18O.C7H16O/c1-8(2)6-4-3-5-7-9;1-7(2)5-3-4-6-8/h8-9H,3-7H2,1-2H3;7-8H,3-6H2,1-2H3. The lowest BCUT2D eigenvalue weighted by Gasteiger charge is -2.01. The molecule has 0 aliphatic rings. The molecule has 0 saturated carbocycles. The molecule has 2 N–H and O–H groups in total. The molecule has 0 aromatic rings. The lowest BCUT2D eigenvalue weighted by molar-refractivity contribution is 0.280. The third kappa shape index (κ3) is 25.9. The van der Waals surface area contributed by atoms with Crippen molar-refractivity contribution in [2.45, 2.75) is 72.6 Å². The maximum absolute atomic E-state index is 8.43. The minimum absolute atomic E-state index is 0.354. The fourth-order valence-corrected chi connectivity index (χ4v) is 1.51. The van der Waals surface area contributed by atoms with Crippen LogP contribution in [0.2, 0.25) is 0 Å². The Morgan fingerprint density at radius 1 is 0.588 bits per heavy atom. The van der Waals surface area contributed by atoms with Crippen molar-refractivity contribution in [1.29, 1.82) is 0 Å². The Hall–Kier alpha value is -0.0800. The Balaban J connectivity index is 0. The summed E-state index contributed by atoms with van der Waals surface area (Å²) in [4.78, 5) is 0. The van der Waals surface area contributed by atoms with E-state index in [0.717, 1.165) is 24.7 Å². The second kappa shape index (κ2) is 15.9. The van der Waals surface area contributed by atoms with Crippen molar-refractivity contribution in [3.63, 3.8) is 0 Å². The molecule has 0 heterocycles. The van der Waals surface area contributed by atoms with Crippen LogP contribution < -0.4 is 0 Å². The van der Waals surface area contributed by atoms with Crippen molar-refractivity contribution in [3.8, 4) is 0 Å². The summed E-state index contributed by atoms with van der Waals surface area (Å²) in [6.07, 6.45) is 8.15. The maximum Gasteiger partial charge on any atom is 0.0431 e. The van der Waals surface area contributed by atoms with Crippen molar-refractivity contribution in [3.05, 3.63) is 0 Å². The van der Waals surface area contributed by atoms with E-state index in [9.17, 15) is 0 Å². The molecular formula is C15H34O2. The van der Waals surface area contributed by atoms with Gasteiger partial charge in [-0.2, -0.15) is 0 Å². The highest BCUT2D eigenvalue weighted by Gasteiger charge is 1.92. The Bertz CT molecular complexity index is 122. The van der Waals surface area contributed by atoms with E-state index in [1.807, 2.05) is 0 Å². The third-order valence-electron chi connectivity index (χ3n) is 2.63. The van der Waals surface area contributed by atoms with Crippen LogP contribution in [0, 0.1) is 11.8 Å². The summed E-state index contributed by atoms with van der Waals surface area (Å²) < 4.78 is 0. The van der Waals surface area contributed by atoms with E-state index in [2.05, 4.69) is 27.7 Å². The van der Waals surface area contributed by atoms with E-state index in [4.69, 9.17) is 10.2 Å². The van der Waals surface area contributed by atoms with Crippen LogP contribution in [-0.2, 0) is 0 Å². The lowest BCUT2D eigenvalue weighted by atomic mass is 10.1. The zero-order valence-electron chi connectivity index (χ0n) is 12.4. The van der Waals surface area contributed by atoms with Crippen LogP contribution in [0.5, 0.6) is 0 Å². The molecule has 0 rings (SSSR count). The molecule has 106 valence electrons. The number of rotatable bonds is 9. The third-order valence-corrected chi connectivity index (χ3v) is 2.63. The van der Waals surface area contributed by atoms with Gasteiger partial charge in [0.25, 0.3) is 0 Å². The van der Waals surface area contributed by atoms with Crippen molar-refractivity contribution < 1.29 is 10.2 Å². The number of aliphatic hydroxyl groups excluding tert-OH is 2. The quantitative estimate of drug-likeness (QED) is 0.604. The van der Waals surface area contributed by atoms with Gasteiger partial charge in [-0.05, 0) is 24.7 Å². The Labute approximate surface area is 108 Å². The van der Waals surface area contributed by atoms with Gasteiger partial charge < -0.3 is 10.2 Å². The number of unbranched alkanes of at least 4 members (excludes halogenated alkanes) is 3. The molecule has 0 aromatic heterocycles. The van der Waals surface area contributed by atoms with Crippen LogP contribution >= 0.6 is 0 Å². The van der Waals surface area contributed by atoms with E-state index >= 15 is 0 Å². The second-order valence-electron chi connectivity index (χ2n) is 5.58. The van der Waals surface area contributed by atoms with Crippen LogP contribution in [0.1, 0.15) is 72.6 Å². The van der Waals surface area contributed by atoms with E-state index in [1.165, 1.54) is 32.1 Å². The van der Waals surface area contributed by atoms with Crippen molar-refractivity contribution in [2.75, 3.05) is 13.2 Å². The van der Waals surface area contributed by atoms with Crippen LogP contribution in [0.3, 0.4) is 0 Å². The summed E-state index contributed by atoms with van der Waals surface area (Å²) in [6.45, 7) is 9.59. The summed E-state index contributed by atoms with van der Waals surface area (Å²) in [5.41, 5.74) is 0. The molecule has 0 atom stereocenters. The van der Waals surface area contributed by atoms with E-state index < -0.39 is 0 Å². The minimum atomic E-state index is 0.354. The molecule has 2 heteroatoms. The molecule has 2 nitrogen and oxygen atoms in total. The van der Waals surface area contributed by atoms with Gasteiger partial charge in [-0.15, -0.1) is 0 Å². The average Bonchev–Trinajstić information content (AvgIpc) is 2.25. The van der Waals surface area contributed by atoms with Crippen LogP contribution in [0.4, 0.5) is 0 Å². The van der Waals surface area contributed by atoms with Gasteiger partial charge in [-0.1, -0.05) is 59.8 Å². The van der Waals surface area contributed by atoms with Crippen molar-refractivity contribution in [1.82, 2.24) is 0 Å². The normalized spacial score (nSPS) is 10.6. The first-order chi connectivity index (χ1) is 8.04. The van der Waals surface area contributed by atoms with Crippen molar-refractivity contribution >= 4 is 0 Å². The first-order valence-electron chi connectivity index (χ1n) is 7.26. The average molecular weight is 246 g/mol. The zero-order valence-corrected chi connectivity index (χ0v) is 12.4. The van der Waals surface area contributed by atoms with Gasteiger partial charge in [0.05, 0.1) is 0 Å². The highest BCUT2D eigenvalue weighted by Crippen LogP contribution is 2.07. The van der Waals surface area contributed by atoms with Gasteiger partial charge in [0, 0.05) is 13.2 Å². The lowest BCUT2D eigenvalue weighted by Crippen LogP contribution is -1.88. The zero-order chi connectivity index (χ0) is 13.5. The van der Waals surface area contributed by atoms with Gasteiger partial charge in [-0.25, -0.2) is 0 Å². The van der Waals surface area contributed by atoms with Gasteiger partial charge in [0.1, 0.15) is 0 Å². The fourth-order valence-electron chi connectivity index (χ4n) is 1.51. The monoisotopic (exact) mass is 246 g/mol. The summed E-state index contributed by atoms with van der Waals surface area (Å²) in [5.74, 6) is 1.62. The molecule has 0 bridgehead atoms. The molecule has 0 aromatic carbocycles. The molecular weight excluding hydrogens is 212 g/mol. The molecule has 0 saturated heterocycles. The smallest absolute Gasteiger partial charge is 0.0431 e. The molecule has 0 amide bonds. The first-order valence-corrected chi connectivity index (χ1v) is 7.26. The highest BCUT2D eigenvalue weighted by molar-refractivity contribution is 4.46. The molecule has 0 radical (unpaired) electrons. The Morgan fingerprint density at radius 3 is 1.29 bits per heavy atom. The van der Waals surface area contributed by atoms with E-state index in [-0.39, 0.29) is 0 Å².